The van der Waals surface area contributed by atoms with Gasteiger partial charge in [-0.2, -0.15) is 8.42 Å². The first-order valence-electron chi connectivity index (χ1n) is 6.59. The van der Waals surface area contributed by atoms with Crippen molar-refractivity contribution in [3.05, 3.63) is 50.4 Å². The molecule has 22 heavy (non-hydrogen) atoms. The SMILES string of the molecule is [N-]=[N+]=NC1CCCCC1(c1ccc([N+](=O)[O-])cc1)S(=O)(=O)O. The van der Waals surface area contributed by atoms with Crippen LogP contribution in [0.25, 0.3) is 10.4 Å². The number of non-ortho nitro benzene ring substituents is 1. The second kappa shape index (κ2) is 5.91. The maximum Gasteiger partial charge on any atom is 0.275 e. The van der Waals surface area contributed by atoms with Gasteiger partial charge in [0.2, 0.25) is 0 Å². The minimum absolute atomic E-state index is 0.0906. The second-order valence-corrected chi connectivity index (χ2v) is 6.81. The third-order valence-corrected chi connectivity index (χ3v) is 5.66. The van der Waals surface area contributed by atoms with E-state index in [0.29, 0.717) is 19.3 Å². The third kappa shape index (κ3) is 2.63. The van der Waals surface area contributed by atoms with Gasteiger partial charge in [-0.1, -0.05) is 30.1 Å². The number of azide groups is 1. The summed E-state index contributed by atoms with van der Waals surface area (Å²) >= 11 is 0. The lowest BCUT2D eigenvalue weighted by atomic mass is 9.79. The van der Waals surface area contributed by atoms with Crippen LogP contribution in [0.5, 0.6) is 0 Å². The zero-order valence-corrected chi connectivity index (χ0v) is 12.3. The van der Waals surface area contributed by atoms with Gasteiger partial charge in [0.1, 0.15) is 4.75 Å². The van der Waals surface area contributed by atoms with E-state index in [1.165, 1.54) is 24.3 Å². The molecule has 0 spiro atoms. The molecule has 2 rings (SSSR count). The van der Waals surface area contributed by atoms with E-state index in [4.69, 9.17) is 5.53 Å². The number of rotatable bonds is 4. The van der Waals surface area contributed by atoms with E-state index in [9.17, 15) is 23.1 Å². The maximum atomic E-state index is 12.1. The Morgan fingerprint density at radius 2 is 2.00 bits per heavy atom. The van der Waals surface area contributed by atoms with Crippen LogP contribution in [-0.2, 0) is 14.9 Å². The van der Waals surface area contributed by atoms with Crippen molar-refractivity contribution in [1.82, 2.24) is 0 Å². The number of nitro benzene ring substituents is 1. The zero-order chi connectivity index (χ0) is 16.4. The van der Waals surface area contributed by atoms with E-state index in [0.717, 1.165) is 0 Å². The Balaban J connectivity index is 2.63. The van der Waals surface area contributed by atoms with Crippen LogP contribution in [0.1, 0.15) is 31.2 Å². The molecular formula is C12H14N4O5S. The van der Waals surface area contributed by atoms with Crippen molar-refractivity contribution in [2.45, 2.75) is 36.5 Å². The molecule has 0 radical (unpaired) electrons. The summed E-state index contributed by atoms with van der Waals surface area (Å²) in [5.41, 5.74) is 8.68. The Labute approximate surface area is 126 Å². The Morgan fingerprint density at radius 3 is 2.50 bits per heavy atom. The first kappa shape index (κ1) is 16.2. The molecule has 1 aliphatic carbocycles. The molecular weight excluding hydrogens is 312 g/mol. The number of benzene rings is 1. The molecule has 1 aliphatic rings. The van der Waals surface area contributed by atoms with E-state index in [-0.39, 0.29) is 17.7 Å². The molecule has 1 aromatic carbocycles. The summed E-state index contributed by atoms with van der Waals surface area (Å²) in [6, 6.07) is 3.96. The summed E-state index contributed by atoms with van der Waals surface area (Å²) < 4.78 is 32.1. The van der Waals surface area contributed by atoms with Crippen LogP contribution in [0.4, 0.5) is 5.69 Å². The summed E-state index contributed by atoms with van der Waals surface area (Å²) in [5.74, 6) is 0. The molecule has 0 amide bonds. The number of hydrogen-bond donors (Lipinski definition) is 1. The van der Waals surface area contributed by atoms with Crippen molar-refractivity contribution < 1.29 is 17.9 Å². The molecule has 1 aromatic rings. The van der Waals surface area contributed by atoms with Gasteiger partial charge in [-0.05, 0) is 23.9 Å². The topological polar surface area (TPSA) is 146 Å². The molecule has 9 nitrogen and oxygen atoms in total. The summed E-state index contributed by atoms with van der Waals surface area (Å²) in [5, 5.41) is 14.2. The Bertz CT molecular complexity index is 726. The lowest BCUT2D eigenvalue weighted by molar-refractivity contribution is -0.384. The van der Waals surface area contributed by atoms with E-state index in [2.05, 4.69) is 10.0 Å². The average Bonchev–Trinajstić information content (AvgIpc) is 2.47. The third-order valence-electron chi connectivity index (χ3n) is 4.03. The molecule has 1 fully saturated rings. The van der Waals surface area contributed by atoms with Crippen molar-refractivity contribution in [2.24, 2.45) is 5.11 Å². The van der Waals surface area contributed by atoms with Gasteiger partial charge < -0.3 is 0 Å². The van der Waals surface area contributed by atoms with Crippen molar-refractivity contribution >= 4 is 15.8 Å². The lowest BCUT2D eigenvalue weighted by Gasteiger charge is -2.39. The largest absolute Gasteiger partial charge is 0.285 e. The minimum atomic E-state index is -4.58. The predicted octanol–water partition coefficient (Wildman–Crippen LogP) is 2.93. The van der Waals surface area contributed by atoms with Gasteiger partial charge >= 0.3 is 0 Å². The number of hydrogen-bond acceptors (Lipinski definition) is 5. The minimum Gasteiger partial charge on any atom is -0.285 e. The Morgan fingerprint density at radius 1 is 1.36 bits per heavy atom. The standard InChI is InChI=1S/C12H14N4O5S/c13-15-14-11-3-1-2-8-12(11,22(19,20)21)9-4-6-10(7-5-9)16(17)18/h4-7,11H,1-3,8H2,(H,19,20,21). The molecule has 118 valence electrons. The van der Waals surface area contributed by atoms with E-state index in [1.54, 1.807) is 0 Å². The molecule has 1 N–H and O–H groups in total. The smallest absolute Gasteiger partial charge is 0.275 e. The van der Waals surface area contributed by atoms with Crippen molar-refractivity contribution in [1.29, 1.82) is 0 Å². The van der Waals surface area contributed by atoms with E-state index < -0.39 is 25.8 Å². The fraction of sp³-hybridized carbons (Fsp3) is 0.500. The summed E-state index contributed by atoms with van der Waals surface area (Å²) in [6.45, 7) is 0. The highest BCUT2D eigenvalue weighted by Gasteiger charge is 2.52. The quantitative estimate of drug-likeness (QED) is 0.225. The van der Waals surface area contributed by atoms with Crippen LogP contribution in [-0.4, -0.2) is 23.9 Å². The molecule has 0 aliphatic heterocycles. The molecule has 0 aromatic heterocycles. The van der Waals surface area contributed by atoms with Gasteiger partial charge in [-0.3, -0.25) is 14.7 Å². The molecule has 1 saturated carbocycles. The summed E-state index contributed by atoms with van der Waals surface area (Å²) in [4.78, 5) is 12.8. The Kier molecular flexibility index (Phi) is 4.36. The van der Waals surface area contributed by atoms with Crippen molar-refractivity contribution in [2.75, 3.05) is 0 Å². The normalized spacial score (nSPS) is 25.2. The molecule has 10 heteroatoms. The van der Waals surface area contributed by atoms with Crippen LogP contribution in [0, 0.1) is 10.1 Å². The van der Waals surface area contributed by atoms with Gasteiger partial charge in [-0.25, -0.2) is 0 Å². The predicted molar refractivity (Wildman–Crippen MR) is 77.7 cm³/mol. The van der Waals surface area contributed by atoms with Crippen molar-refractivity contribution in [3.8, 4) is 0 Å². The van der Waals surface area contributed by atoms with Gasteiger partial charge in [0.05, 0.1) is 11.0 Å². The molecule has 0 heterocycles. The monoisotopic (exact) mass is 326 g/mol. The molecule has 2 unspecified atom stereocenters. The van der Waals surface area contributed by atoms with Crippen LogP contribution in [0.3, 0.4) is 0 Å². The molecule has 0 saturated heterocycles. The average molecular weight is 326 g/mol. The van der Waals surface area contributed by atoms with Crippen LogP contribution in [0.15, 0.2) is 29.4 Å². The zero-order valence-electron chi connectivity index (χ0n) is 11.5. The van der Waals surface area contributed by atoms with E-state index in [1.807, 2.05) is 0 Å². The summed E-state index contributed by atoms with van der Waals surface area (Å²) in [6.07, 6.45) is 1.62. The molecule has 2 atom stereocenters. The van der Waals surface area contributed by atoms with Crippen LogP contribution in [0.2, 0.25) is 0 Å². The highest BCUT2D eigenvalue weighted by molar-refractivity contribution is 7.86. The van der Waals surface area contributed by atoms with Gasteiger partial charge in [0.25, 0.3) is 15.8 Å². The first-order chi connectivity index (χ1) is 10.3. The van der Waals surface area contributed by atoms with Gasteiger partial charge in [0.15, 0.2) is 0 Å². The van der Waals surface area contributed by atoms with Crippen LogP contribution >= 0.6 is 0 Å². The molecule has 0 bridgehead atoms. The fourth-order valence-electron chi connectivity index (χ4n) is 2.99. The fourth-order valence-corrected chi connectivity index (χ4v) is 4.34. The lowest BCUT2D eigenvalue weighted by Crippen LogP contribution is -2.47. The highest BCUT2D eigenvalue weighted by Crippen LogP contribution is 2.45. The van der Waals surface area contributed by atoms with Crippen LogP contribution < -0.4 is 0 Å². The number of nitro groups is 1. The van der Waals surface area contributed by atoms with Gasteiger partial charge in [0, 0.05) is 17.0 Å². The highest BCUT2D eigenvalue weighted by atomic mass is 32.2. The van der Waals surface area contributed by atoms with Crippen molar-refractivity contribution in [3.63, 3.8) is 0 Å². The second-order valence-electron chi connectivity index (χ2n) is 5.14. The summed E-state index contributed by atoms with van der Waals surface area (Å²) in [7, 11) is -4.58. The maximum absolute atomic E-state index is 12.1. The number of nitrogens with zero attached hydrogens (tertiary/aromatic N) is 4. The van der Waals surface area contributed by atoms with E-state index >= 15 is 0 Å². The van der Waals surface area contributed by atoms with Gasteiger partial charge in [-0.15, -0.1) is 0 Å². The Hall–Kier alpha value is -2.16. The first-order valence-corrected chi connectivity index (χ1v) is 8.03.